The fraction of sp³-hybridized carbons (Fsp3) is 0.429. The molecule has 0 bridgehead atoms. The summed E-state index contributed by atoms with van der Waals surface area (Å²) in [6, 6.07) is 4.47. The lowest BCUT2D eigenvalue weighted by Gasteiger charge is -2.25. The highest BCUT2D eigenvalue weighted by Crippen LogP contribution is 2.31. The van der Waals surface area contributed by atoms with Gasteiger partial charge in [0.05, 0.1) is 16.0 Å². The lowest BCUT2D eigenvalue weighted by atomic mass is 9.83. The van der Waals surface area contributed by atoms with Crippen LogP contribution in [0.25, 0.3) is 0 Å². The Balaban J connectivity index is 2.19. The van der Waals surface area contributed by atoms with Crippen LogP contribution < -0.4 is 10.6 Å². The van der Waals surface area contributed by atoms with Crippen LogP contribution in [0, 0.1) is 5.41 Å². The monoisotopic (exact) mass is 296 g/mol. The van der Waals surface area contributed by atoms with E-state index in [-0.39, 0.29) is 16.5 Å². The normalized spacial score (nSPS) is 21.7. The van der Waals surface area contributed by atoms with E-state index in [9.17, 15) is 9.59 Å². The van der Waals surface area contributed by atoms with Crippen molar-refractivity contribution in [3.63, 3.8) is 0 Å². The number of carbonyl (C=O) groups is 2. The number of carboxylic acid groups (broad SMARTS) is 1. The van der Waals surface area contributed by atoms with Gasteiger partial charge in [-0.1, -0.05) is 18.5 Å². The summed E-state index contributed by atoms with van der Waals surface area (Å²) >= 11 is 5.81. The van der Waals surface area contributed by atoms with Gasteiger partial charge in [-0.3, -0.25) is 4.79 Å². The van der Waals surface area contributed by atoms with Gasteiger partial charge in [-0.05, 0) is 37.6 Å². The third-order valence-electron chi connectivity index (χ3n) is 3.86. The van der Waals surface area contributed by atoms with Gasteiger partial charge in [0.1, 0.15) is 0 Å². The Kier molecular flexibility index (Phi) is 4.30. The number of benzene rings is 1. The average Bonchev–Trinajstić information content (AvgIpc) is 2.90. The Morgan fingerprint density at radius 1 is 1.50 bits per heavy atom. The lowest BCUT2D eigenvalue weighted by molar-refractivity contribution is -0.124. The number of carbonyl (C=O) groups excluding carboxylic acids is 1. The minimum Gasteiger partial charge on any atom is -0.478 e. The largest absolute Gasteiger partial charge is 0.478 e. The molecule has 20 heavy (non-hydrogen) atoms. The summed E-state index contributed by atoms with van der Waals surface area (Å²) < 4.78 is 0. The first-order valence-corrected chi connectivity index (χ1v) is 6.91. The maximum Gasteiger partial charge on any atom is 0.337 e. The first kappa shape index (κ1) is 14.8. The van der Waals surface area contributed by atoms with Crippen LogP contribution in [-0.2, 0) is 4.79 Å². The summed E-state index contributed by atoms with van der Waals surface area (Å²) in [4.78, 5) is 23.4. The second-order valence-corrected chi connectivity index (χ2v) is 5.42. The quantitative estimate of drug-likeness (QED) is 0.797. The third kappa shape index (κ3) is 2.78. The van der Waals surface area contributed by atoms with Gasteiger partial charge in [0.15, 0.2) is 0 Å². The maximum atomic E-state index is 12.4. The van der Waals surface area contributed by atoms with Gasteiger partial charge in [0.25, 0.3) is 0 Å². The number of amides is 1. The number of aromatic carboxylic acids is 1. The van der Waals surface area contributed by atoms with Crippen molar-refractivity contribution in [2.75, 3.05) is 18.4 Å². The van der Waals surface area contributed by atoms with Gasteiger partial charge >= 0.3 is 5.97 Å². The molecule has 1 aromatic rings. The topological polar surface area (TPSA) is 78.4 Å². The fourth-order valence-corrected chi connectivity index (χ4v) is 2.63. The summed E-state index contributed by atoms with van der Waals surface area (Å²) in [7, 11) is 0. The van der Waals surface area contributed by atoms with Crippen molar-refractivity contribution < 1.29 is 14.7 Å². The number of carboxylic acids is 1. The maximum absolute atomic E-state index is 12.4. The van der Waals surface area contributed by atoms with Crippen LogP contribution in [0.15, 0.2) is 18.2 Å². The van der Waals surface area contributed by atoms with E-state index < -0.39 is 11.4 Å². The van der Waals surface area contributed by atoms with Crippen molar-refractivity contribution in [2.45, 2.75) is 19.8 Å². The molecule has 1 heterocycles. The Hall–Kier alpha value is -1.59. The summed E-state index contributed by atoms with van der Waals surface area (Å²) in [6.45, 7) is 3.45. The summed E-state index contributed by atoms with van der Waals surface area (Å²) in [6.07, 6.45) is 1.53. The van der Waals surface area contributed by atoms with Gasteiger partial charge in [-0.15, -0.1) is 0 Å². The van der Waals surface area contributed by atoms with Gasteiger partial charge in [-0.2, -0.15) is 0 Å². The van der Waals surface area contributed by atoms with Gasteiger partial charge < -0.3 is 15.7 Å². The summed E-state index contributed by atoms with van der Waals surface area (Å²) in [5.74, 6) is -1.19. The molecule has 1 aliphatic heterocycles. The molecule has 0 aliphatic carbocycles. The molecule has 6 heteroatoms. The van der Waals surface area contributed by atoms with Crippen molar-refractivity contribution in [3.8, 4) is 0 Å². The predicted octanol–water partition coefficient (Wildman–Crippen LogP) is 2.37. The molecule has 1 unspecified atom stereocenters. The number of nitrogens with one attached hydrogen (secondary N) is 2. The highest BCUT2D eigenvalue weighted by atomic mass is 35.5. The zero-order valence-corrected chi connectivity index (χ0v) is 12.0. The highest BCUT2D eigenvalue weighted by Gasteiger charge is 2.39. The molecule has 108 valence electrons. The zero-order chi connectivity index (χ0) is 14.8. The van der Waals surface area contributed by atoms with Gasteiger partial charge in [0.2, 0.25) is 5.91 Å². The Morgan fingerprint density at radius 3 is 2.80 bits per heavy atom. The molecule has 1 aliphatic rings. The number of anilines is 1. The molecule has 3 N–H and O–H groups in total. The van der Waals surface area contributed by atoms with E-state index in [4.69, 9.17) is 16.7 Å². The van der Waals surface area contributed by atoms with E-state index in [0.717, 1.165) is 19.4 Å². The molecule has 0 aromatic heterocycles. The minimum absolute atomic E-state index is 0.0143. The zero-order valence-electron chi connectivity index (χ0n) is 11.2. The smallest absolute Gasteiger partial charge is 0.337 e. The van der Waals surface area contributed by atoms with Gasteiger partial charge in [-0.25, -0.2) is 4.79 Å². The molecule has 2 rings (SSSR count). The van der Waals surface area contributed by atoms with Crippen molar-refractivity contribution in [1.82, 2.24) is 5.32 Å². The first-order valence-electron chi connectivity index (χ1n) is 6.53. The number of halogens is 1. The Labute approximate surface area is 122 Å². The van der Waals surface area contributed by atoms with E-state index in [1.807, 2.05) is 6.92 Å². The molecule has 1 atom stereocenters. The van der Waals surface area contributed by atoms with Gasteiger partial charge in [0, 0.05) is 12.2 Å². The molecule has 1 saturated heterocycles. The van der Waals surface area contributed by atoms with Crippen LogP contribution in [0.3, 0.4) is 0 Å². The molecule has 5 nitrogen and oxygen atoms in total. The van der Waals surface area contributed by atoms with Crippen LogP contribution in [0.1, 0.15) is 30.1 Å². The van der Waals surface area contributed by atoms with E-state index in [0.29, 0.717) is 12.2 Å². The van der Waals surface area contributed by atoms with Crippen LogP contribution in [0.5, 0.6) is 0 Å². The van der Waals surface area contributed by atoms with Crippen molar-refractivity contribution >= 4 is 29.2 Å². The molecular formula is C14H17ClN2O3. The molecule has 0 spiro atoms. The van der Waals surface area contributed by atoms with Crippen LogP contribution >= 0.6 is 11.6 Å². The Bertz CT molecular complexity index is 539. The molecule has 0 saturated carbocycles. The van der Waals surface area contributed by atoms with E-state index >= 15 is 0 Å². The summed E-state index contributed by atoms with van der Waals surface area (Å²) in [5.41, 5.74) is 0.0272. The van der Waals surface area contributed by atoms with E-state index in [2.05, 4.69) is 10.6 Å². The van der Waals surface area contributed by atoms with E-state index in [1.54, 1.807) is 6.07 Å². The van der Waals surface area contributed by atoms with Crippen LogP contribution in [-0.4, -0.2) is 30.1 Å². The second-order valence-electron chi connectivity index (χ2n) is 5.01. The predicted molar refractivity (Wildman–Crippen MR) is 77.3 cm³/mol. The molecule has 1 fully saturated rings. The SMILES string of the molecule is CCC1(C(=O)Nc2ccc(Cl)c(C(=O)O)c2)CCNC1. The molecule has 0 radical (unpaired) electrons. The van der Waals surface area contributed by atoms with Crippen LogP contribution in [0.2, 0.25) is 5.02 Å². The number of rotatable bonds is 4. The van der Waals surface area contributed by atoms with Crippen molar-refractivity contribution in [2.24, 2.45) is 5.41 Å². The van der Waals surface area contributed by atoms with Crippen LogP contribution in [0.4, 0.5) is 5.69 Å². The van der Waals surface area contributed by atoms with E-state index in [1.165, 1.54) is 12.1 Å². The second kappa shape index (κ2) is 5.81. The van der Waals surface area contributed by atoms with Crippen molar-refractivity contribution in [1.29, 1.82) is 0 Å². The summed E-state index contributed by atoms with van der Waals surface area (Å²) in [5, 5.41) is 15.2. The number of hydrogen-bond acceptors (Lipinski definition) is 3. The third-order valence-corrected chi connectivity index (χ3v) is 4.19. The lowest BCUT2D eigenvalue weighted by Crippen LogP contribution is -2.37. The standard InChI is InChI=1S/C14H17ClN2O3/c1-2-14(5-6-16-8-14)13(20)17-9-3-4-11(15)10(7-9)12(18)19/h3-4,7,16H,2,5-6,8H2,1H3,(H,17,20)(H,18,19). The highest BCUT2D eigenvalue weighted by molar-refractivity contribution is 6.33. The van der Waals surface area contributed by atoms with Crippen molar-refractivity contribution in [3.05, 3.63) is 28.8 Å². The Morgan fingerprint density at radius 2 is 2.25 bits per heavy atom. The fourth-order valence-electron chi connectivity index (χ4n) is 2.43. The average molecular weight is 297 g/mol. The first-order chi connectivity index (χ1) is 9.48. The number of hydrogen-bond donors (Lipinski definition) is 3. The minimum atomic E-state index is -1.11. The molecular weight excluding hydrogens is 280 g/mol. The molecule has 1 amide bonds. The molecule has 1 aromatic carbocycles.